The van der Waals surface area contributed by atoms with Crippen molar-refractivity contribution < 1.29 is 4.74 Å². The first kappa shape index (κ1) is 5.18. The monoisotopic (exact) mass is 138 g/mol. The topological polar surface area (TPSA) is 9.23 Å². The van der Waals surface area contributed by atoms with E-state index in [1.54, 1.807) is 6.26 Å². The van der Waals surface area contributed by atoms with E-state index in [-0.39, 0.29) is 0 Å². The zero-order valence-corrected chi connectivity index (χ0v) is 5.65. The molecule has 0 saturated heterocycles. The first-order valence-electron chi connectivity index (χ1n) is 2.83. The Hall–Kier alpha value is -0.630. The fourth-order valence-corrected chi connectivity index (χ4v) is 1.72. The summed E-state index contributed by atoms with van der Waals surface area (Å²) in [5.74, 6) is 2.09. The maximum absolute atomic E-state index is 5.19. The second kappa shape index (κ2) is 1.95. The lowest BCUT2D eigenvalue weighted by Crippen LogP contribution is -1.86. The highest BCUT2D eigenvalue weighted by molar-refractivity contribution is 8.03. The molecule has 2 heterocycles. The number of hydrogen-bond donors (Lipinski definition) is 0. The first-order chi connectivity index (χ1) is 4.47. The zero-order valence-electron chi connectivity index (χ0n) is 4.83. The lowest BCUT2D eigenvalue weighted by Gasteiger charge is -2.05. The molecular weight excluding hydrogens is 132 g/mol. The molecule has 1 nitrogen and oxygen atoms in total. The number of hydrogen-bond acceptors (Lipinski definition) is 2. The summed E-state index contributed by atoms with van der Waals surface area (Å²) < 4.78 is 5.19. The molecule has 0 amide bonds. The Morgan fingerprint density at radius 3 is 3.44 bits per heavy atom. The van der Waals surface area contributed by atoms with Crippen LogP contribution in [0.25, 0.3) is 0 Å². The molecule has 0 spiro atoms. The molecule has 0 saturated carbocycles. The predicted octanol–water partition coefficient (Wildman–Crippen LogP) is 2.04. The van der Waals surface area contributed by atoms with Gasteiger partial charge in [-0.3, -0.25) is 0 Å². The molecule has 0 N–H and O–H groups in total. The van der Waals surface area contributed by atoms with Crippen molar-refractivity contribution in [2.24, 2.45) is 0 Å². The quantitative estimate of drug-likeness (QED) is 0.506. The van der Waals surface area contributed by atoms with Gasteiger partial charge in [0.15, 0.2) is 0 Å². The van der Waals surface area contributed by atoms with Crippen molar-refractivity contribution in [3.05, 3.63) is 35.2 Å². The summed E-state index contributed by atoms with van der Waals surface area (Å²) in [6.07, 6.45) is 7.80. The van der Waals surface area contributed by atoms with Gasteiger partial charge in [-0.2, -0.15) is 0 Å². The van der Waals surface area contributed by atoms with Crippen LogP contribution >= 0.6 is 11.8 Å². The van der Waals surface area contributed by atoms with Crippen LogP contribution in [0.4, 0.5) is 0 Å². The minimum absolute atomic E-state index is 1.03. The van der Waals surface area contributed by atoms with Gasteiger partial charge in [0.2, 0.25) is 0 Å². The number of rotatable bonds is 0. The molecule has 0 atom stereocenters. The highest BCUT2D eigenvalue weighted by atomic mass is 32.2. The fraction of sp³-hybridized carbons (Fsp3) is 0.143. The molecule has 0 fully saturated rings. The van der Waals surface area contributed by atoms with E-state index >= 15 is 0 Å². The SMILES string of the molecule is C1=COC2=CCSC2=C1. The molecule has 0 aromatic rings. The van der Waals surface area contributed by atoms with Gasteiger partial charge < -0.3 is 4.74 Å². The highest BCUT2D eigenvalue weighted by Crippen LogP contribution is 2.33. The highest BCUT2D eigenvalue weighted by Gasteiger charge is 2.13. The third-order valence-corrected chi connectivity index (χ3v) is 2.25. The third-order valence-electron chi connectivity index (χ3n) is 1.27. The normalized spacial score (nSPS) is 22.2. The second-order valence-electron chi connectivity index (χ2n) is 1.86. The molecule has 46 valence electrons. The molecule has 2 rings (SSSR count). The summed E-state index contributed by atoms with van der Waals surface area (Å²) in [6, 6.07) is 0. The van der Waals surface area contributed by atoms with Crippen LogP contribution in [0, 0.1) is 0 Å². The molecule has 0 unspecified atom stereocenters. The second-order valence-corrected chi connectivity index (χ2v) is 2.92. The summed E-state index contributed by atoms with van der Waals surface area (Å²) in [5, 5.41) is 0. The molecule has 0 bridgehead atoms. The van der Waals surface area contributed by atoms with E-state index in [0.717, 1.165) is 11.5 Å². The van der Waals surface area contributed by atoms with Crippen LogP contribution in [0.5, 0.6) is 0 Å². The van der Waals surface area contributed by atoms with E-state index in [9.17, 15) is 0 Å². The Balaban J connectivity index is 2.37. The molecule has 0 radical (unpaired) electrons. The molecule has 2 heteroatoms. The van der Waals surface area contributed by atoms with Gasteiger partial charge in [0.05, 0.1) is 11.2 Å². The molecule has 0 aromatic heterocycles. The smallest absolute Gasteiger partial charge is 0.136 e. The molecule has 2 aliphatic rings. The van der Waals surface area contributed by atoms with Crippen molar-refractivity contribution in [2.45, 2.75) is 0 Å². The summed E-state index contributed by atoms with van der Waals surface area (Å²) in [5.41, 5.74) is 0. The van der Waals surface area contributed by atoms with Crippen molar-refractivity contribution >= 4 is 11.8 Å². The average molecular weight is 138 g/mol. The van der Waals surface area contributed by atoms with Crippen LogP contribution in [-0.4, -0.2) is 5.75 Å². The van der Waals surface area contributed by atoms with Gasteiger partial charge in [0.1, 0.15) is 5.76 Å². The van der Waals surface area contributed by atoms with E-state index in [0.29, 0.717) is 0 Å². The number of thioether (sulfide) groups is 1. The molecule has 0 aliphatic carbocycles. The number of allylic oxidation sites excluding steroid dienone is 2. The van der Waals surface area contributed by atoms with Crippen molar-refractivity contribution in [3.63, 3.8) is 0 Å². The van der Waals surface area contributed by atoms with Gasteiger partial charge in [-0.1, -0.05) is 0 Å². The van der Waals surface area contributed by atoms with E-state index in [2.05, 4.69) is 12.2 Å². The molecule has 9 heavy (non-hydrogen) atoms. The molecule has 2 aliphatic heterocycles. The van der Waals surface area contributed by atoms with E-state index in [1.165, 1.54) is 4.91 Å². The van der Waals surface area contributed by atoms with Crippen molar-refractivity contribution in [1.82, 2.24) is 0 Å². The minimum Gasteiger partial charge on any atom is -0.464 e. The van der Waals surface area contributed by atoms with Gasteiger partial charge in [-0.15, -0.1) is 11.8 Å². The van der Waals surface area contributed by atoms with Crippen molar-refractivity contribution in [2.75, 3.05) is 5.75 Å². The van der Waals surface area contributed by atoms with E-state index < -0.39 is 0 Å². The van der Waals surface area contributed by atoms with Gasteiger partial charge in [-0.25, -0.2) is 0 Å². The zero-order chi connectivity index (χ0) is 6.10. The summed E-state index contributed by atoms with van der Waals surface area (Å²) in [7, 11) is 0. The Labute approximate surface area is 58.1 Å². The first-order valence-corrected chi connectivity index (χ1v) is 3.82. The van der Waals surface area contributed by atoms with Gasteiger partial charge in [-0.05, 0) is 18.2 Å². The lowest BCUT2D eigenvalue weighted by atomic mass is 10.3. The minimum atomic E-state index is 1.03. The summed E-state index contributed by atoms with van der Waals surface area (Å²) in [6.45, 7) is 0. The fourth-order valence-electron chi connectivity index (χ4n) is 0.855. The standard InChI is InChI=1S/C7H6OS/c1-2-7-6(8-4-1)3-5-9-7/h1-4H,5H2. The predicted molar refractivity (Wildman–Crippen MR) is 38.8 cm³/mol. The van der Waals surface area contributed by atoms with Crippen LogP contribution in [0.15, 0.2) is 35.2 Å². The lowest BCUT2D eigenvalue weighted by molar-refractivity contribution is 0.363. The average Bonchev–Trinajstić information content (AvgIpc) is 2.33. The van der Waals surface area contributed by atoms with Crippen LogP contribution in [0.3, 0.4) is 0 Å². The van der Waals surface area contributed by atoms with Crippen molar-refractivity contribution in [3.8, 4) is 0 Å². The van der Waals surface area contributed by atoms with Gasteiger partial charge >= 0.3 is 0 Å². The third kappa shape index (κ3) is 0.793. The van der Waals surface area contributed by atoms with Gasteiger partial charge in [0.25, 0.3) is 0 Å². The van der Waals surface area contributed by atoms with E-state index in [4.69, 9.17) is 4.74 Å². The van der Waals surface area contributed by atoms with Crippen LogP contribution in [-0.2, 0) is 4.74 Å². The Morgan fingerprint density at radius 2 is 2.56 bits per heavy atom. The van der Waals surface area contributed by atoms with Crippen LogP contribution in [0.2, 0.25) is 0 Å². The maximum atomic E-state index is 5.19. The molecular formula is C7H6OS. The van der Waals surface area contributed by atoms with Crippen LogP contribution in [0.1, 0.15) is 0 Å². The van der Waals surface area contributed by atoms with Crippen molar-refractivity contribution in [1.29, 1.82) is 0 Å². The Bertz CT molecular complexity index is 213. The summed E-state index contributed by atoms with van der Waals surface area (Å²) >= 11 is 1.82. The van der Waals surface area contributed by atoms with Gasteiger partial charge in [0, 0.05) is 5.75 Å². The molecule has 0 aromatic carbocycles. The number of ether oxygens (including phenoxy) is 1. The summed E-state index contributed by atoms with van der Waals surface area (Å²) in [4.78, 5) is 1.26. The number of fused-ring (bicyclic) bond motifs is 1. The Morgan fingerprint density at radius 1 is 1.56 bits per heavy atom. The van der Waals surface area contributed by atoms with Crippen LogP contribution < -0.4 is 0 Å². The van der Waals surface area contributed by atoms with E-state index in [1.807, 2.05) is 17.8 Å². The maximum Gasteiger partial charge on any atom is 0.136 e. The Kier molecular flexibility index (Phi) is 1.12. The largest absolute Gasteiger partial charge is 0.464 e.